The number of imide groups is 1. The van der Waals surface area contributed by atoms with Gasteiger partial charge < -0.3 is 9.88 Å². The number of anilines is 1. The van der Waals surface area contributed by atoms with E-state index in [1.807, 2.05) is 24.3 Å². The average molecular weight is 399 g/mol. The van der Waals surface area contributed by atoms with E-state index >= 15 is 0 Å². The van der Waals surface area contributed by atoms with Gasteiger partial charge in [-0.2, -0.15) is 13.2 Å². The Balaban J connectivity index is 1.70. The highest BCUT2D eigenvalue weighted by Crippen LogP contribution is 2.47. The first-order valence-corrected chi connectivity index (χ1v) is 9.17. The Morgan fingerprint density at radius 2 is 1.72 bits per heavy atom. The summed E-state index contributed by atoms with van der Waals surface area (Å²) in [4.78, 5) is 31.8. The number of alkyl halides is 3. The van der Waals surface area contributed by atoms with Gasteiger partial charge in [-0.1, -0.05) is 30.3 Å². The number of urea groups is 1. The highest BCUT2D eigenvalue weighted by atomic mass is 19.4. The van der Waals surface area contributed by atoms with Crippen molar-refractivity contribution in [2.45, 2.75) is 25.1 Å². The van der Waals surface area contributed by atoms with Gasteiger partial charge in [0.2, 0.25) is 0 Å². The molecule has 1 N–H and O–H groups in total. The number of hydrogen-bond donors (Lipinski definition) is 1. The Kier molecular flexibility index (Phi) is 3.45. The van der Waals surface area contributed by atoms with E-state index in [9.17, 15) is 22.8 Å². The molecule has 0 radical (unpaired) electrons. The molecule has 0 aliphatic carbocycles. The molecule has 1 unspecified atom stereocenters. The fourth-order valence-electron chi connectivity index (χ4n) is 4.51. The van der Waals surface area contributed by atoms with Crippen molar-refractivity contribution >= 4 is 28.5 Å². The van der Waals surface area contributed by atoms with Gasteiger partial charge in [-0.25, -0.2) is 9.69 Å². The first kappa shape index (κ1) is 17.8. The van der Waals surface area contributed by atoms with Crippen molar-refractivity contribution in [2.24, 2.45) is 0 Å². The summed E-state index contributed by atoms with van der Waals surface area (Å²) in [6.07, 6.45) is -4.17. The molecule has 2 aliphatic heterocycles. The summed E-state index contributed by atoms with van der Waals surface area (Å²) in [7, 11) is 0. The van der Waals surface area contributed by atoms with Crippen LogP contribution in [-0.4, -0.2) is 28.4 Å². The van der Waals surface area contributed by atoms with Crippen LogP contribution in [0.1, 0.15) is 23.7 Å². The molecule has 0 bridgehead atoms. The molecule has 148 valence electrons. The monoisotopic (exact) mass is 399 g/mol. The van der Waals surface area contributed by atoms with Gasteiger partial charge in [0.15, 0.2) is 5.54 Å². The molecule has 2 aliphatic rings. The number of carbonyl (C=O) groups excluding carboxylic acids is 2. The van der Waals surface area contributed by atoms with Crippen molar-refractivity contribution in [1.82, 2.24) is 9.88 Å². The lowest BCUT2D eigenvalue weighted by molar-refractivity contribution is -0.137. The van der Waals surface area contributed by atoms with E-state index in [0.29, 0.717) is 17.0 Å². The second kappa shape index (κ2) is 5.62. The molecule has 2 aromatic carbocycles. The average Bonchev–Trinajstić information content (AvgIpc) is 3.16. The van der Waals surface area contributed by atoms with Crippen LogP contribution in [0, 0.1) is 0 Å². The minimum atomic E-state index is -4.69. The van der Waals surface area contributed by atoms with Gasteiger partial charge in [0.1, 0.15) is 0 Å². The zero-order chi connectivity index (χ0) is 20.6. The van der Waals surface area contributed by atoms with Crippen LogP contribution >= 0.6 is 0 Å². The molecule has 29 heavy (non-hydrogen) atoms. The number of hydrogen-bond acceptors (Lipinski definition) is 2. The number of fused-ring (bicyclic) bond motifs is 5. The van der Waals surface area contributed by atoms with Crippen molar-refractivity contribution in [3.05, 3.63) is 65.4 Å². The van der Waals surface area contributed by atoms with Gasteiger partial charge in [-0.15, -0.1) is 0 Å². The number of H-pyrrole nitrogens is 1. The molecule has 0 saturated carbocycles. The van der Waals surface area contributed by atoms with E-state index in [-0.39, 0.29) is 6.54 Å². The van der Waals surface area contributed by atoms with Crippen molar-refractivity contribution in [1.29, 1.82) is 0 Å². The molecule has 3 aromatic rings. The fourth-order valence-corrected chi connectivity index (χ4v) is 4.51. The van der Waals surface area contributed by atoms with E-state index in [0.717, 1.165) is 28.6 Å². The number of carbonyl (C=O) groups is 2. The van der Waals surface area contributed by atoms with Gasteiger partial charge in [0, 0.05) is 17.4 Å². The highest BCUT2D eigenvalue weighted by molar-refractivity contribution is 6.24. The molecule has 5 nitrogen and oxygen atoms in total. The number of benzene rings is 2. The quantitative estimate of drug-likeness (QED) is 0.616. The topological polar surface area (TPSA) is 56.4 Å². The van der Waals surface area contributed by atoms with Crippen molar-refractivity contribution < 1.29 is 22.8 Å². The van der Waals surface area contributed by atoms with Gasteiger partial charge in [-0.05, 0) is 37.1 Å². The molecule has 1 aromatic heterocycles. The zero-order valence-corrected chi connectivity index (χ0v) is 15.4. The second-order valence-corrected chi connectivity index (χ2v) is 7.44. The molecule has 3 heterocycles. The van der Waals surface area contributed by atoms with Crippen LogP contribution in [0.15, 0.2) is 48.5 Å². The molecular weight excluding hydrogens is 383 g/mol. The van der Waals surface area contributed by atoms with Crippen LogP contribution in [0.3, 0.4) is 0 Å². The first-order valence-electron chi connectivity index (χ1n) is 9.17. The minimum absolute atomic E-state index is 0.251. The largest absolute Gasteiger partial charge is 0.418 e. The lowest BCUT2D eigenvalue weighted by atomic mass is 9.87. The summed E-state index contributed by atoms with van der Waals surface area (Å²) in [6, 6.07) is 11.5. The third-order valence-corrected chi connectivity index (χ3v) is 5.92. The molecule has 8 heteroatoms. The highest BCUT2D eigenvalue weighted by Gasteiger charge is 2.59. The lowest BCUT2D eigenvalue weighted by Crippen LogP contribution is -2.49. The predicted octanol–water partition coefficient (Wildman–Crippen LogP) is 4.43. The number of aromatic amines is 1. The van der Waals surface area contributed by atoms with E-state index in [1.54, 1.807) is 6.92 Å². The number of nitrogens with one attached hydrogen (secondary N) is 1. The second-order valence-electron chi connectivity index (χ2n) is 7.44. The smallest absolute Gasteiger partial charge is 0.356 e. The lowest BCUT2D eigenvalue weighted by Gasteiger charge is -2.35. The Hall–Kier alpha value is -3.29. The van der Waals surface area contributed by atoms with Gasteiger partial charge in [0.25, 0.3) is 5.91 Å². The number of nitrogens with zero attached hydrogens (tertiary/aromatic N) is 2. The first-order chi connectivity index (χ1) is 13.7. The van der Waals surface area contributed by atoms with Crippen LogP contribution in [0.5, 0.6) is 0 Å². The van der Waals surface area contributed by atoms with Gasteiger partial charge in [0.05, 0.1) is 16.9 Å². The summed E-state index contributed by atoms with van der Waals surface area (Å²) in [5, 5.41) is 0.956. The molecule has 3 amide bonds. The van der Waals surface area contributed by atoms with Gasteiger partial charge >= 0.3 is 12.2 Å². The Bertz CT molecular complexity index is 1180. The van der Waals surface area contributed by atoms with Crippen molar-refractivity contribution in [3.8, 4) is 0 Å². The number of halogens is 3. The zero-order valence-electron chi connectivity index (χ0n) is 15.4. The standard InChI is InChI=1S/C21H16F3N3O2/c1-20-17-13(12-6-2-4-8-15(12)25-17)10-11-26(20)19(29)27(18(20)28)16-9-5-3-7-14(16)21(22,23)24/h2-9,25H,10-11H2,1H3. The number of rotatable bonds is 1. The fraction of sp³-hybridized carbons (Fsp3) is 0.238. The minimum Gasteiger partial charge on any atom is -0.356 e. The van der Waals surface area contributed by atoms with Crippen molar-refractivity contribution in [3.63, 3.8) is 0 Å². The number of aromatic nitrogens is 1. The van der Waals surface area contributed by atoms with Gasteiger partial charge in [-0.3, -0.25) is 4.79 Å². The summed E-state index contributed by atoms with van der Waals surface area (Å²) in [5.74, 6) is -0.688. The van der Waals surface area contributed by atoms with Crippen LogP contribution < -0.4 is 4.90 Å². The Morgan fingerprint density at radius 1 is 1.03 bits per heavy atom. The van der Waals surface area contributed by atoms with E-state index in [4.69, 9.17) is 0 Å². The normalized spacial score (nSPS) is 21.7. The molecule has 1 saturated heterocycles. The number of amides is 3. The van der Waals surface area contributed by atoms with E-state index in [1.165, 1.54) is 17.0 Å². The molecular formula is C21H16F3N3O2. The summed E-state index contributed by atoms with van der Waals surface area (Å²) in [5.41, 5.74) is -0.524. The van der Waals surface area contributed by atoms with Crippen LogP contribution in [-0.2, 0) is 22.9 Å². The maximum Gasteiger partial charge on any atom is 0.418 e. The van der Waals surface area contributed by atoms with E-state index in [2.05, 4.69) is 4.98 Å². The molecule has 1 atom stereocenters. The molecule has 0 spiro atoms. The Labute approximate surface area is 163 Å². The van der Waals surface area contributed by atoms with E-state index < -0.39 is 34.9 Å². The van der Waals surface area contributed by atoms with Crippen molar-refractivity contribution in [2.75, 3.05) is 11.4 Å². The summed E-state index contributed by atoms with van der Waals surface area (Å²) < 4.78 is 40.6. The maximum absolute atomic E-state index is 13.5. The predicted molar refractivity (Wildman–Crippen MR) is 100 cm³/mol. The van der Waals surface area contributed by atoms with Crippen LogP contribution in [0.25, 0.3) is 10.9 Å². The third-order valence-electron chi connectivity index (χ3n) is 5.92. The Morgan fingerprint density at radius 3 is 2.48 bits per heavy atom. The molecule has 1 fully saturated rings. The third kappa shape index (κ3) is 2.22. The number of para-hydroxylation sites is 2. The molecule has 5 rings (SSSR count). The van der Waals surface area contributed by atoms with Crippen LogP contribution in [0.2, 0.25) is 0 Å². The summed E-state index contributed by atoms with van der Waals surface area (Å²) in [6.45, 7) is 1.84. The summed E-state index contributed by atoms with van der Waals surface area (Å²) >= 11 is 0. The SMILES string of the molecule is CC12C(=O)N(c3ccccc3C(F)(F)F)C(=O)N1CCc1c2[nH]c2ccccc12. The van der Waals surface area contributed by atoms with Crippen LogP contribution in [0.4, 0.5) is 23.7 Å². The maximum atomic E-state index is 13.5.